The molecule has 0 amide bonds. The number of hydrogen-bond donors (Lipinski definition) is 0. The molecule has 2 rings (SSSR count). The van der Waals surface area contributed by atoms with E-state index < -0.39 is 22.1 Å². The predicted molar refractivity (Wildman–Crippen MR) is 99.1 cm³/mol. The van der Waals surface area contributed by atoms with Crippen LogP contribution in [0.3, 0.4) is 0 Å². The zero-order chi connectivity index (χ0) is 20.0. The fourth-order valence-corrected chi connectivity index (χ4v) is 2.80. The zero-order valence-electron chi connectivity index (χ0n) is 14.3. The Morgan fingerprint density at radius 2 is 1.52 bits per heavy atom. The quantitative estimate of drug-likeness (QED) is 0.408. The summed E-state index contributed by atoms with van der Waals surface area (Å²) in [6.45, 7) is 2.39. The summed E-state index contributed by atoms with van der Waals surface area (Å²) in [6, 6.07) is 10.0. The number of benzene rings is 2. The van der Waals surface area contributed by atoms with Crippen molar-refractivity contribution in [1.82, 2.24) is 0 Å². The lowest BCUT2D eigenvalue weighted by molar-refractivity contribution is -0.134. The molecule has 0 spiro atoms. The van der Waals surface area contributed by atoms with Crippen molar-refractivity contribution in [2.24, 2.45) is 0 Å². The lowest BCUT2D eigenvalue weighted by atomic mass is 10.2. The molecule has 0 bridgehead atoms. The Balaban J connectivity index is 2.22. The maximum Gasteiger partial charge on any atom is 0.332 e. The molecule has 0 atom stereocenters. The third-order valence-electron chi connectivity index (χ3n) is 2.93. The molecule has 9 heteroatoms. The Hall–Kier alpha value is -2.84. The van der Waals surface area contributed by atoms with Gasteiger partial charge in [0, 0.05) is 18.9 Å². The van der Waals surface area contributed by atoms with Crippen molar-refractivity contribution in [3.05, 3.63) is 58.5 Å². The minimum absolute atomic E-state index is 0.0177. The van der Waals surface area contributed by atoms with Crippen LogP contribution in [-0.4, -0.2) is 20.4 Å². The highest BCUT2D eigenvalue weighted by Gasteiger charge is 2.12. The molecule has 0 unspecified atom stereocenters. The Morgan fingerprint density at radius 3 is 2.11 bits per heavy atom. The first-order chi connectivity index (χ1) is 12.6. The lowest BCUT2D eigenvalue weighted by Crippen LogP contribution is -2.07. The largest absolute Gasteiger partial charge is 0.423 e. The third-order valence-corrected chi connectivity index (χ3v) is 4.07. The molecule has 0 heterocycles. The molecule has 142 valence electrons. The van der Waals surface area contributed by atoms with Crippen molar-refractivity contribution < 1.29 is 31.7 Å². The van der Waals surface area contributed by atoms with Crippen LogP contribution in [0.1, 0.15) is 19.4 Å². The summed E-state index contributed by atoms with van der Waals surface area (Å²) in [5.41, 5.74) is 0.380. The second-order valence-corrected chi connectivity index (χ2v) is 7.09. The first-order valence-corrected chi connectivity index (χ1v) is 9.38. The summed E-state index contributed by atoms with van der Waals surface area (Å²) in [6.07, 6.45) is 1.25. The van der Waals surface area contributed by atoms with Crippen molar-refractivity contribution in [3.8, 4) is 17.2 Å². The molecule has 0 aliphatic heterocycles. The number of esters is 2. The standard InChI is InChI=1S/C18H15ClO7S/c1-12(20)24-17-8-3-14(11-18(17)25-13(2)21)9-10-27(22,23)26-16-6-4-15(19)5-7-16/h3-11H,1-2H3/b10-9+. The van der Waals surface area contributed by atoms with E-state index in [-0.39, 0.29) is 17.2 Å². The normalized spacial score (nSPS) is 11.2. The number of carbonyl (C=O) groups is 2. The molecule has 27 heavy (non-hydrogen) atoms. The van der Waals surface area contributed by atoms with Gasteiger partial charge in [0.25, 0.3) is 0 Å². The van der Waals surface area contributed by atoms with Crippen molar-refractivity contribution in [1.29, 1.82) is 0 Å². The first-order valence-electron chi connectivity index (χ1n) is 7.53. The average molecular weight is 411 g/mol. The van der Waals surface area contributed by atoms with Gasteiger partial charge in [0.2, 0.25) is 0 Å². The van der Waals surface area contributed by atoms with Crippen LogP contribution in [-0.2, 0) is 19.7 Å². The minimum atomic E-state index is -4.03. The molecule has 0 aromatic heterocycles. The van der Waals surface area contributed by atoms with E-state index in [1.54, 1.807) is 0 Å². The van der Waals surface area contributed by atoms with Crippen LogP contribution in [0.25, 0.3) is 6.08 Å². The van der Waals surface area contributed by atoms with Gasteiger partial charge in [-0.1, -0.05) is 17.7 Å². The van der Waals surface area contributed by atoms with Crippen LogP contribution >= 0.6 is 11.6 Å². The molecule has 2 aromatic rings. The SMILES string of the molecule is CC(=O)Oc1ccc(/C=C/S(=O)(=O)Oc2ccc(Cl)cc2)cc1OC(C)=O. The summed E-state index contributed by atoms with van der Waals surface area (Å²) in [7, 11) is -4.03. The smallest absolute Gasteiger partial charge is 0.332 e. The highest BCUT2D eigenvalue weighted by molar-refractivity contribution is 7.90. The van der Waals surface area contributed by atoms with Gasteiger partial charge in [0.1, 0.15) is 5.75 Å². The Kier molecular flexibility index (Phi) is 6.59. The van der Waals surface area contributed by atoms with E-state index in [0.29, 0.717) is 10.6 Å². The molecular weight excluding hydrogens is 396 g/mol. The van der Waals surface area contributed by atoms with Crippen molar-refractivity contribution >= 4 is 39.7 Å². The number of rotatable bonds is 6. The van der Waals surface area contributed by atoms with Gasteiger partial charge >= 0.3 is 22.1 Å². The van der Waals surface area contributed by atoms with Gasteiger partial charge in [0.15, 0.2) is 11.5 Å². The fraction of sp³-hybridized carbons (Fsp3) is 0.111. The van der Waals surface area contributed by atoms with Crippen LogP contribution in [0.5, 0.6) is 17.2 Å². The Labute approximate surface area is 161 Å². The number of hydrogen-bond acceptors (Lipinski definition) is 7. The highest BCUT2D eigenvalue weighted by atomic mass is 35.5. The zero-order valence-corrected chi connectivity index (χ0v) is 15.9. The van der Waals surface area contributed by atoms with Crippen molar-refractivity contribution in [3.63, 3.8) is 0 Å². The van der Waals surface area contributed by atoms with E-state index in [1.807, 2.05) is 0 Å². The van der Waals surface area contributed by atoms with Gasteiger partial charge in [-0.05, 0) is 48.0 Å². The average Bonchev–Trinajstić information content (AvgIpc) is 2.56. The minimum Gasteiger partial charge on any atom is -0.423 e. The van der Waals surface area contributed by atoms with E-state index >= 15 is 0 Å². The number of halogens is 1. The summed E-state index contributed by atoms with van der Waals surface area (Å²) in [4.78, 5) is 22.3. The Bertz CT molecular complexity index is 979. The number of carbonyl (C=O) groups excluding carboxylic acids is 2. The van der Waals surface area contributed by atoms with E-state index in [0.717, 1.165) is 5.41 Å². The molecule has 0 saturated carbocycles. The molecule has 0 aliphatic rings. The summed E-state index contributed by atoms with van der Waals surface area (Å²) >= 11 is 5.73. The van der Waals surface area contributed by atoms with Crippen LogP contribution in [0, 0.1) is 0 Å². The molecule has 7 nitrogen and oxygen atoms in total. The molecule has 0 aliphatic carbocycles. The van der Waals surface area contributed by atoms with Crippen LogP contribution in [0.15, 0.2) is 47.9 Å². The predicted octanol–water partition coefficient (Wildman–Crippen LogP) is 3.57. The second kappa shape index (κ2) is 8.70. The maximum absolute atomic E-state index is 12.0. The van der Waals surface area contributed by atoms with Crippen molar-refractivity contribution in [2.75, 3.05) is 0 Å². The molecule has 0 saturated heterocycles. The second-order valence-electron chi connectivity index (χ2n) is 5.23. The molecule has 2 aromatic carbocycles. The van der Waals surface area contributed by atoms with E-state index in [9.17, 15) is 18.0 Å². The molecular formula is C18H15ClO7S. The van der Waals surface area contributed by atoms with Gasteiger partial charge in [-0.2, -0.15) is 8.42 Å². The van der Waals surface area contributed by atoms with Crippen LogP contribution in [0.2, 0.25) is 5.02 Å². The maximum atomic E-state index is 12.0. The van der Waals surface area contributed by atoms with Gasteiger partial charge in [-0.25, -0.2) is 0 Å². The van der Waals surface area contributed by atoms with Crippen LogP contribution < -0.4 is 13.7 Å². The monoisotopic (exact) mass is 410 g/mol. The lowest BCUT2D eigenvalue weighted by Gasteiger charge is -2.09. The highest BCUT2D eigenvalue weighted by Crippen LogP contribution is 2.29. The van der Waals surface area contributed by atoms with E-state index in [4.69, 9.17) is 25.3 Å². The molecule has 0 fully saturated rings. The van der Waals surface area contributed by atoms with E-state index in [1.165, 1.54) is 62.4 Å². The van der Waals surface area contributed by atoms with Crippen LogP contribution in [0.4, 0.5) is 0 Å². The van der Waals surface area contributed by atoms with Gasteiger partial charge < -0.3 is 13.7 Å². The van der Waals surface area contributed by atoms with Gasteiger partial charge in [-0.15, -0.1) is 0 Å². The summed E-state index contributed by atoms with van der Waals surface area (Å²) in [5.74, 6) is -1.09. The van der Waals surface area contributed by atoms with Crippen molar-refractivity contribution in [2.45, 2.75) is 13.8 Å². The molecule has 0 radical (unpaired) electrons. The third kappa shape index (κ3) is 6.76. The molecule has 0 N–H and O–H groups in total. The van der Waals surface area contributed by atoms with E-state index in [2.05, 4.69) is 0 Å². The topological polar surface area (TPSA) is 96.0 Å². The summed E-state index contributed by atoms with van der Waals surface area (Å²) in [5, 5.41) is 1.29. The Morgan fingerprint density at radius 1 is 0.926 bits per heavy atom. The first kappa shape index (κ1) is 20.5. The summed E-state index contributed by atoms with van der Waals surface area (Å²) < 4.78 is 38.9. The fourth-order valence-electron chi connectivity index (χ4n) is 1.92. The van der Waals surface area contributed by atoms with Gasteiger partial charge in [-0.3, -0.25) is 9.59 Å². The number of ether oxygens (including phenoxy) is 2. The van der Waals surface area contributed by atoms with Gasteiger partial charge in [0.05, 0.1) is 5.41 Å².